The van der Waals surface area contributed by atoms with Crippen molar-refractivity contribution in [1.82, 2.24) is 19.8 Å². The van der Waals surface area contributed by atoms with Crippen LogP contribution in [-0.4, -0.2) is 84.6 Å². The Morgan fingerprint density at radius 1 is 1.07 bits per heavy atom. The molecule has 4 aliphatic rings. The van der Waals surface area contributed by atoms with Crippen LogP contribution >= 0.6 is 11.6 Å². The molecule has 0 bridgehead atoms. The zero-order valence-corrected chi connectivity index (χ0v) is 24.4. The highest BCUT2D eigenvalue weighted by Gasteiger charge is 2.42. The average molecular weight is 573 g/mol. The first-order valence-electron chi connectivity index (χ1n) is 14.8. The van der Waals surface area contributed by atoms with E-state index in [2.05, 4.69) is 52.6 Å². The highest BCUT2D eigenvalue weighted by Crippen LogP contribution is 2.39. The molecule has 3 fully saturated rings. The van der Waals surface area contributed by atoms with Crippen LogP contribution in [0.2, 0.25) is 5.02 Å². The van der Waals surface area contributed by atoms with Crippen LogP contribution in [0.3, 0.4) is 0 Å². The molecule has 8 nitrogen and oxygen atoms in total. The first kappa shape index (κ1) is 26.5. The number of nitrogens with zero attached hydrogens (tertiary/aromatic N) is 6. The molecular formula is C32H37ClN6O2. The maximum Gasteiger partial charge on any atom is 0.318 e. The number of rotatable bonds is 6. The lowest BCUT2D eigenvalue weighted by Crippen LogP contribution is -2.36. The van der Waals surface area contributed by atoms with Gasteiger partial charge in [-0.2, -0.15) is 9.97 Å². The van der Waals surface area contributed by atoms with Gasteiger partial charge in [-0.25, -0.2) is 0 Å². The van der Waals surface area contributed by atoms with Gasteiger partial charge in [0, 0.05) is 67.2 Å². The summed E-state index contributed by atoms with van der Waals surface area (Å²) in [5, 5.41) is 2.99. The summed E-state index contributed by atoms with van der Waals surface area (Å²) in [7, 11) is 2.16. The molecule has 0 aliphatic carbocycles. The first-order chi connectivity index (χ1) is 20.0. The molecule has 0 saturated carbocycles. The number of carbonyl (C=O) groups is 1. The number of benzene rings is 2. The van der Waals surface area contributed by atoms with E-state index < -0.39 is 0 Å². The highest BCUT2D eigenvalue weighted by atomic mass is 35.5. The van der Waals surface area contributed by atoms with Crippen molar-refractivity contribution in [3.63, 3.8) is 0 Å². The summed E-state index contributed by atoms with van der Waals surface area (Å²) in [5.41, 5.74) is 3.38. The molecule has 2 aromatic carbocycles. The summed E-state index contributed by atoms with van der Waals surface area (Å²) in [6.45, 7) is 10.3. The van der Waals surface area contributed by atoms with E-state index in [9.17, 15) is 4.79 Å². The van der Waals surface area contributed by atoms with Crippen LogP contribution in [0, 0.1) is 11.8 Å². The van der Waals surface area contributed by atoms with E-state index in [1.54, 1.807) is 0 Å². The maximum absolute atomic E-state index is 12.2. The van der Waals surface area contributed by atoms with Gasteiger partial charge in [0.25, 0.3) is 0 Å². The van der Waals surface area contributed by atoms with E-state index in [0.717, 1.165) is 85.1 Å². The highest BCUT2D eigenvalue weighted by molar-refractivity contribution is 6.36. The van der Waals surface area contributed by atoms with Crippen LogP contribution in [0.1, 0.15) is 24.1 Å². The Labute approximate surface area is 246 Å². The van der Waals surface area contributed by atoms with Crippen molar-refractivity contribution in [2.45, 2.75) is 31.8 Å². The summed E-state index contributed by atoms with van der Waals surface area (Å²) in [4.78, 5) is 31.4. The summed E-state index contributed by atoms with van der Waals surface area (Å²) < 4.78 is 6.32. The molecule has 3 atom stereocenters. The minimum atomic E-state index is 0.0339. The molecule has 0 radical (unpaired) electrons. The van der Waals surface area contributed by atoms with E-state index in [-0.39, 0.29) is 5.91 Å². The third-order valence-corrected chi connectivity index (χ3v) is 9.86. The lowest BCUT2D eigenvalue weighted by molar-refractivity contribution is -0.125. The van der Waals surface area contributed by atoms with E-state index in [0.29, 0.717) is 37.0 Å². The summed E-state index contributed by atoms with van der Waals surface area (Å²) >= 11 is 6.71. The lowest BCUT2D eigenvalue weighted by Gasteiger charge is -2.34. The van der Waals surface area contributed by atoms with E-state index in [4.69, 9.17) is 26.3 Å². The van der Waals surface area contributed by atoms with Gasteiger partial charge in [0.2, 0.25) is 5.91 Å². The van der Waals surface area contributed by atoms with Gasteiger partial charge in [0.1, 0.15) is 12.4 Å². The quantitative estimate of drug-likeness (QED) is 0.406. The number of fused-ring (bicyclic) bond motifs is 3. The Morgan fingerprint density at radius 3 is 2.59 bits per heavy atom. The van der Waals surface area contributed by atoms with Crippen LogP contribution in [0.4, 0.5) is 11.5 Å². The van der Waals surface area contributed by atoms with E-state index in [1.807, 2.05) is 17.0 Å². The van der Waals surface area contributed by atoms with Crippen LogP contribution < -0.4 is 14.5 Å². The second kappa shape index (κ2) is 10.8. The number of carbonyl (C=O) groups excluding carboxylic acids is 1. The number of hydrogen-bond donors (Lipinski definition) is 0. The Hall–Kier alpha value is -3.36. The predicted molar refractivity (Wildman–Crippen MR) is 163 cm³/mol. The van der Waals surface area contributed by atoms with Crippen molar-refractivity contribution in [3.8, 4) is 6.01 Å². The fourth-order valence-corrected chi connectivity index (χ4v) is 7.57. The molecule has 3 aromatic rings. The third-order valence-electron chi connectivity index (χ3n) is 9.54. The van der Waals surface area contributed by atoms with Gasteiger partial charge in [-0.3, -0.25) is 4.79 Å². The molecule has 1 amide bonds. The molecule has 214 valence electrons. The number of likely N-dealkylation sites (N-methyl/N-ethyl adjacent to an activating group) is 1. The number of hydrogen-bond acceptors (Lipinski definition) is 7. The first-order valence-corrected chi connectivity index (χ1v) is 15.2. The largest absolute Gasteiger partial charge is 0.462 e. The van der Waals surface area contributed by atoms with Gasteiger partial charge in [0.15, 0.2) is 0 Å². The molecule has 1 aromatic heterocycles. The van der Waals surface area contributed by atoms with Crippen molar-refractivity contribution in [2.24, 2.45) is 11.8 Å². The average Bonchev–Trinajstić information content (AvgIpc) is 3.70. The molecule has 0 N–H and O–H groups in total. The second-order valence-corrected chi connectivity index (χ2v) is 12.4. The predicted octanol–water partition coefficient (Wildman–Crippen LogP) is 4.40. The number of anilines is 2. The van der Waals surface area contributed by atoms with Crippen LogP contribution in [0.25, 0.3) is 10.8 Å². The van der Waals surface area contributed by atoms with Crippen LogP contribution in [0.15, 0.2) is 49.1 Å². The fourth-order valence-electron chi connectivity index (χ4n) is 7.30. The molecule has 4 aliphatic heterocycles. The Kier molecular flexibility index (Phi) is 6.99. The maximum atomic E-state index is 12.2. The summed E-state index contributed by atoms with van der Waals surface area (Å²) in [6.07, 6.45) is 4.62. The second-order valence-electron chi connectivity index (χ2n) is 12.0. The van der Waals surface area contributed by atoms with E-state index >= 15 is 0 Å². The third kappa shape index (κ3) is 4.91. The zero-order chi connectivity index (χ0) is 28.1. The number of halogens is 1. The van der Waals surface area contributed by atoms with Crippen molar-refractivity contribution < 1.29 is 9.53 Å². The van der Waals surface area contributed by atoms with Gasteiger partial charge in [0.05, 0.1) is 17.3 Å². The van der Waals surface area contributed by atoms with Crippen molar-refractivity contribution >= 4 is 39.8 Å². The summed E-state index contributed by atoms with van der Waals surface area (Å²) in [5.74, 6) is 1.93. The van der Waals surface area contributed by atoms with Gasteiger partial charge < -0.3 is 24.3 Å². The zero-order valence-electron chi connectivity index (χ0n) is 23.6. The Bertz CT molecular complexity index is 1480. The fraction of sp³-hybridized carbons (Fsp3) is 0.469. The van der Waals surface area contributed by atoms with Crippen LogP contribution in [-0.2, 0) is 17.8 Å². The molecule has 7 rings (SSSR count). The SMILES string of the molecule is C=CC(=O)N1CC2CN(c3nc(OC[C@@H]4CCCN4C)nc4c3CCN(c3cccc5cccc(Cl)c35)C4)CC2C1. The Morgan fingerprint density at radius 2 is 1.85 bits per heavy atom. The van der Waals surface area contributed by atoms with Crippen molar-refractivity contribution in [2.75, 3.05) is 62.7 Å². The van der Waals surface area contributed by atoms with Gasteiger partial charge in [-0.1, -0.05) is 42.4 Å². The lowest BCUT2D eigenvalue weighted by atomic mass is 10.0. The minimum absolute atomic E-state index is 0.0339. The van der Waals surface area contributed by atoms with Crippen LogP contribution in [0.5, 0.6) is 6.01 Å². The molecule has 41 heavy (non-hydrogen) atoms. The Balaban J connectivity index is 1.19. The van der Waals surface area contributed by atoms with E-state index in [1.165, 1.54) is 18.1 Å². The van der Waals surface area contributed by atoms with Gasteiger partial charge in [-0.05, 0) is 56.4 Å². The van der Waals surface area contributed by atoms with Gasteiger partial charge >= 0.3 is 6.01 Å². The van der Waals surface area contributed by atoms with Crippen molar-refractivity contribution in [1.29, 1.82) is 0 Å². The molecule has 9 heteroatoms. The standard InChI is InChI=1S/C32H37ClN6O2/c1-3-29(40)38-15-22-17-39(18-23(22)16-38)31-25-12-14-37(28-11-5-8-21-7-4-10-26(33)30(21)28)19-27(25)34-32(35-31)41-20-24-9-6-13-36(24)2/h3-5,7-8,10-11,22-24H,1,6,9,12-20H2,2H3/t22?,23?,24-/m0/s1. The molecule has 3 saturated heterocycles. The monoisotopic (exact) mass is 572 g/mol. The number of ether oxygens (including phenoxy) is 1. The van der Waals surface area contributed by atoms with Gasteiger partial charge in [-0.15, -0.1) is 0 Å². The molecule has 0 spiro atoms. The smallest absolute Gasteiger partial charge is 0.318 e. The molecule has 5 heterocycles. The molecular weight excluding hydrogens is 536 g/mol. The molecule has 2 unspecified atom stereocenters. The number of amides is 1. The summed E-state index contributed by atoms with van der Waals surface area (Å²) in [6, 6.07) is 13.3. The van der Waals surface area contributed by atoms with Crippen molar-refractivity contribution in [3.05, 3.63) is 65.3 Å². The minimum Gasteiger partial charge on any atom is -0.462 e. The normalized spacial score (nSPS) is 24.1. The number of aromatic nitrogens is 2. The number of likely N-dealkylation sites (tertiary alicyclic amines) is 2. The topological polar surface area (TPSA) is 65.0 Å².